The first-order valence-corrected chi connectivity index (χ1v) is 24.7. The predicted molar refractivity (Wildman–Crippen MR) is 264 cm³/mol. The van der Waals surface area contributed by atoms with Crippen LogP contribution >= 0.6 is 31.9 Å². The molecule has 4 aliphatic heterocycles. The van der Waals surface area contributed by atoms with Gasteiger partial charge in [0.25, 0.3) is 0 Å². The Bertz CT molecular complexity index is 2480. The van der Waals surface area contributed by atoms with Crippen molar-refractivity contribution in [1.29, 1.82) is 0 Å². The van der Waals surface area contributed by atoms with E-state index in [1.165, 1.54) is 24.2 Å². The van der Waals surface area contributed by atoms with Gasteiger partial charge in [0, 0.05) is 71.0 Å². The number of amides is 4. The van der Waals surface area contributed by atoms with Crippen LogP contribution in [0.1, 0.15) is 127 Å². The van der Waals surface area contributed by atoms with Crippen LogP contribution in [0.4, 0.5) is 21.0 Å². The minimum Gasteiger partial charge on any atom is -0.447 e. The van der Waals surface area contributed by atoms with E-state index in [0.717, 1.165) is 112 Å². The molecule has 6 aliphatic rings. The van der Waals surface area contributed by atoms with Gasteiger partial charge in [-0.25, -0.2) is 19.6 Å². The summed E-state index contributed by atoms with van der Waals surface area (Å²) in [6.07, 6.45) is 9.16. The van der Waals surface area contributed by atoms with Crippen LogP contribution in [0.25, 0.3) is 0 Å². The van der Waals surface area contributed by atoms with Gasteiger partial charge in [0.05, 0.1) is 36.7 Å². The second-order valence-electron chi connectivity index (χ2n) is 18.9. The van der Waals surface area contributed by atoms with Crippen molar-refractivity contribution in [3.63, 3.8) is 0 Å². The molecule has 362 valence electrons. The standard InChI is InChI=1S/C26H33BrN4O4.C22H25BrN4O3.2CH4/c1-17(2)35-25(34)29-15-26(16-29)19-13-18(27)9-10-21(19)31(24(26)33)14-23-28-20-7-3-4-8-22(20)30(23)11-5-6-12-32;1-13(2)30-21(29)26-11-22(12-26)15-9-14(23)7-8-18(15)27(20(22)28)10-19-24-16-5-3-4-6-17(16)25-19;;/h9-10,13,17,32H,3-8,11-12,14-16H2,1-2H3;7-9,13H,3-6,10-12H2,1-2H3,(H,24,25);2*1H4. The predicted octanol–water partition coefficient (Wildman–Crippen LogP) is 8.91. The quantitative estimate of drug-likeness (QED) is 0.148. The molecule has 6 heterocycles. The van der Waals surface area contributed by atoms with Crippen molar-refractivity contribution in [3.05, 3.63) is 90.9 Å². The summed E-state index contributed by atoms with van der Waals surface area (Å²) < 4.78 is 14.8. The number of aromatic amines is 1. The van der Waals surface area contributed by atoms with Gasteiger partial charge in [-0.2, -0.15) is 0 Å². The maximum absolute atomic E-state index is 13.9. The first-order chi connectivity index (χ1) is 31.2. The van der Waals surface area contributed by atoms with Crippen LogP contribution in [0.2, 0.25) is 0 Å². The normalized spacial score (nSPS) is 18.0. The second kappa shape index (κ2) is 20.1. The molecule has 0 bridgehead atoms. The topological polar surface area (TPSA) is 166 Å². The number of likely N-dealkylation sites (tertiary alicyclic amines) is 2. The number of aliphatic hydroxyl groups is 1. The Labute approximate surface area is 411 Å². The van der Waals surface area contributed by atoms with Crippen molar-refractivity contribution in [1.82, 2.24) is 29.3 Å². The number of hydrogen-bond acceptors (Lipinski definition) is 9. The summed E-state index contributed by atoms with van der Waals surface area (Å²) in [4.78, 5) is 72.4. The minimum absolute atomic E-state index is 0. The third kappa shape index (κ3) is 9.28. The number of ether oxygens (including phenoxy) is 2. The lowest BCUT2D eigenvalue weighted by atomic mass is 9.75. The van der Waals surface area contributed by atoms with Crippen LogP contribution in [-0.4, -0.2) is 103 Å². The molecule has 2 aromatic heterocycles. The van der Waals surface area contributed by atoms with E-state index in [2.05, 4.69) is 41.4 Å². The number of anilines is 2. The van der Waals surface area contributed by atoms with Gasteiger partial charge in [0.2, 0.25) is 11.8 Å². The van der Waals surface area contributed by atoms with Crippen LogP contribution in [0.5, 0.6) is 0 Å². The Morgan fingerprint density at radius 1 is 0.716 bits per heavy atom. The van der Waals surface area contributed by atoms with Crippen LogP contribution in [-0.2, 0) is 75.2 Å². The van der Waals surface area contributed by atoms with E-state index < -0.39 is 10.8 Å². The van der Waals surface area contributed by atoms with E-state index in [1.54, 1.807) is 9.80 Å². The molecule has 2 fully saturated rings. The maximum atomic E-state index is 13.9. The average molecular weight is 1050 g/mol. The Morgan fingerprint density at radius 3 is 1.75 bits per heavy atom. The molecule has 67 heavy (non-hydrogen) atoms. The first-order valence-electron chi connectivity index (χ1n) is 23.1. The van der Waals surface area contributed by atoms with Crippen LogP contribution in [0, 0.1) is 0 Å². The number of aryl methyl sites for hydroxylation is 3. The monoisotopic (exact) mass is 1050 g/mol. The molecule has 2 N–H and O–H groups in total. The molecular formula is C50H66Br2N8O7. The average Bonchev–Trinajstić information content (AvgIpc) is 3.94. The van der Waals surface area contributed by atoms with Crippen molar-refractivity contribution in [2.45, 2.75) is 149 Å². The van der Waals surface area contributed by atoms with E-state index >= 15 is 0 Å². The molecule has 0 radical (unpaired) electrons. The molecule has 2 aliphatic carbocycles. The summed E-state index contributed by atoms with van der Waals surface area (Å²) in [5.74, 6) is 1.78. The van der Waals surface area contributed by atoms with Crippen LogP contribution in [0.3, 0.4) is 0 Å². The Morgan fingerprint density at radius 2 is 1.22 bits per heavy atom. The lowest BCUT2D eigenvalue weighted by Crippen LogP contribution is -2.65. The van der Waals surface area contributed by atoms with Crippen molar-refractivity contribution < 1.29 is 33.8 Å². The summed E-state index contributed by atoms with van der Waals surface area (Å²) in [5.41, 5.74) is 7.03. The summed E-state index contributed by atoms with van der Waals surface area (Å²) >= 11 is 7.10. The molecule has 15 nitrogen and oxygen atoms in total. The number of imidazole rings is 2. The van der Waals surface area contributed by atoms with Gasteiger partial charge >= 0.3 is 12.2 Å². The Kier molecular flexibility index (Phi) is 15.0. The fraction of sp³-hybridized carbons (Fsp3) is 0.560. The van der Waals surface area contributed by atoms with Gasteiger partial charge in [-0.15, -0.1) is 0 Å². The number of aliphatic hydroxyl groups excluding tert-OH is 1. The van der Waals surface area contributed by atoms with Gasteiger partial charge in [-0.1, -0.05) is 46.7 Å². The van der Waals surface area contributed by atoms with E-state index in [4.69, 9.17) is 19.4 Å². The summed E-state index contributed by atoms with van der Waals surface area (Å²) in [6, 6.07) is 11.9. The fourth-order valence-electron chi connectivity index (χ4n) is 10.5. The number of fused-ring (bicyclic) bond motifs is 6. The number of nitrogens with zero attached hydrogens (tertiary/aromatic N) is 7. The summed E-state index contributed by atoms with van der Waals surface area (Å²) in [7, 11) is 0. The summed E-state index contributed by atoms with van der Waals surface area (Å²) in [5, 5.41) is 9.28. The number of H-pyrrole nitrogens is 1. The number of carbonyl (C=O) groups excluding carboxylic acids is 4. The fourth-order valence-corrected chi connectivity index (χ4v) is 11.2. The Balaban J connectivity index is 0.000000195. The zero-order valence-electron chi connectivity index (χ0n) is 37.6. The van der Waals surface area contributed by atoms with Crippen LogP contribution < -0.4 is 9.80 Å². The van der Waals surface area contributed by atoms with E-state index in [1.807, 2.05) is 73.9 Å². The minimum atomic E-state index is -0.747. The van der Waals surface area contributed by atoms with Gasteiger partial charge in [-0.3, -0.25) is 9.59 Å². The molecule has 4 amide bonds. The third-order valence-electron chi connectivity index (χ3n) is 13.6. The highest BCUT2D eigenvalue weighted by molar-refractivity contribution is 9.10. The SMILES string of the molecule is C.C.CC(C)OC(=O)N1CC2(C1)C(=O)N(Cc1nc3c([nH]1)CCCC3)c1ccc(Br)cc12.CC(C)OC(=O)N1CC2(C1)C(=O)N(Cc1nc3c(n1CCCCO)CCCC3)c1ccc(Br)cc12. The zero-order valence-corrected chi connectivity index (χ0v) is 40.8. The van der Waals surface area contributed by atoms with Crippen molar-refractivity contribution in [2.75, 3.05) is 42.6 Å². The molecule has 2 aromatic carbocycles. The van der Waals surface area contributed by atoms with E-state index in [-0.39, 0.29) is 57.7 Å². The van der Waals surface area contributed by atoms with E-state index in [9.17, 15) is 24.3 Å². The molecule has 0 atom stereocenters. The van der Waals surface area contributed by atoms with Gasteiger partial charge in [0.1, 0.15) is 22.5 Å². The largest absolute Gasteiger partial charge is 0.447 e. The van der Waals surface area contributed by atoms with Crippen molar-refractivity contribution >= 4 is 67.2 Å². The van der Waals surface area contributed by atoms with Crippen LogP contribution in [0.15, 0.2) is 45.3 Å². The third-order valence-corrected chi connectivity index (χ3v) is 14.6. The van der Waals surface area contributed by atoms with Crippen molar-refractivity contribution in [2.24, 2.45) is 0 Å². The lowest BCUT2D eigenvalue weighted by Gasteiger charge is -2.46. The number of unbranched alkanes of at least 4 members (excludes halogenated alkanes) is 1. The highest BCUT2D eigenvalue weighted by Crippen LogP contribution is 2.50. The molecule has 17 heteroatoms. The molecule has 4 aromatic rings. The van der Waals surface area contributed by atoms with Gasteiger partial charge in [-0.05, 0) is 139 Å². The highest BCUT2D eigenvalue weighted by atomic mass is 79.9. The first kappa shape index (κ1) is 50.1. The number of benzene rings is 2. The molecule has 0 saturated carbocycles. The Hall–Kier alpha value is -4.74. The van der Waals surface area contributed by atoms with Gasteiger partial charge < -0.3 is 43.7 Å². The van der Waals surface area contributed by atoms with Gasteiger partial charge in [0.15, 0.2) is 0 Å². The number of nitrogens with one attached hydrogen (secondary N) is 1. The summed E-state index contributed by atoms with van der Waals surface area (Å²) in [6.45, 7) is 10.4. The number of halogens is 2. The molecule has 2 spiro atoms. The number of rotatable bonds is 10. The maximum Gasteiger partial charge on any atom is 0.410 e. The number of aromatic nitrogens is 4. The second-order valence-corrected chi connectivity index (χ2v) is 20.7. The molecular weight excluding hydrogens is 984 g/mol. The number of carbonyl (C=O) groups is 4. The molecule has 0 unspecified atom stereocenters. The zero-order chi connectivity index (χ0) is 45.8. The smallest absolute Gasteiger partial charge is 0.410 e. The highest BCUT2D eigenvalue weighted by Gasteiger charge is 2.61. The lowest BCUT2D eigenvalue weighted by molar-refractivity contribution is -0.129. The molecule has 10 rings (SSSR count). The van der Waals surface area contributed by atoms with Crippen molar-refractivity contribution in [3.8, 4) is 0 Å². The van der Waals surface area contributed by atoms with E-state index in [0.29, 0.717) is 39.3 Å². The molecule has 2 saturated heterocycles. The number of hydrogen-bond donors (Lipinski definition) is 2.